The fraction of sp³-hybridized carbons (Fsp3) is 0.529. The van der Waals surface area contributed by atoms with E-state index >= 15 is 0 Å². The van der Waals surface area contributed by atoms with Gasteiger partial charge in [0.25, 0.3) is 0 Å². The summed E-state index contributed by atoms with van der Waals surface area (Å²) in [6.07, 6.45) is 3.21. The van der Waals surface area contributed by atoms with E-state index < -0.39 is 0 Å². The van der Waals surface area contributed by atoms with Crippen LogP contribution in [0.2, 0.25) is 0 Å². The summed E-state index contributed by atoms with van der Waals surface area (Å²) < 4.78 is 13.2. The summed E-state index contributed by atoms with van der Waals surface area (Å²) in [6.45, 7) is 11.1. The zero-order chi connectivity index (χ0) is 16.0. The largest absolute Gasteiger partial charge is 0.491 e. The highest BCUT2D eigenvalue weighted by Gasteiger charge is 2.18. The van der Waals surface area contributed by atoms with E-state index in [2.05, 4.69) is 56.0 Å². The summed E-state index contributed by atoms with van der Waals surface area (Å²) in [5.41, 5.74) is 2.49. The number of benzene rings is 1. The maximum absolute atomic E-state index is 5.92. The third kappa shape index (κ3) is 4.84. The first kappa shape index (κ1) is 16.5. The molecule has 1 aromatic heterocycles. The molecular formula is C17H25N3O2. The molecule has 0 unspecified atom stereocenters. The highest BCUT2D eigenvalue weighted by molar-refractivity contribution is 5.41. The Hall–Kier alpha value is -1.88. The smallest absolute Gasteiger partial charge is 0.137 e. The van der Waals surface area contributed by atoms with Gasteiger partial charge >= 0.3 is 0 Å². The molecule has 0 fully saturated rings. The fourth-order valence-electron chi connectivity index (χ4n) is 2.19. The van der Waals surface area contributed by atoms with Gasteiger partial charge in [-0.15, -0.1) is 0 Å². The van der Waals surface area contributed by atoms with Crippen LogP contribution in [-0.2, 0) is 16.7 Å². The molecule has 0 aliphatic heterocycles. The molecule has 2 rings (SSSR count). The van der Waals surface area contributed by atoms with Crippen LogP contribution in [0.25, 0.3) is 0 Å². The third-order valence-electron chi connectivity index (χ3n) is 3.36. The van der Waals surface area contributed by atoms with Crippen LogP contribution in [0.4, 0.5) is 0 Å². The Morgan fingerprint density at radius 1 is 1.14 bits per heavy atom. The Labute approximate surface area is 132 Å². The summed E-state index contributed by atoms with van der Waals surface area (Å²) in [7, 11) is 0. The lowest BCUT2D eigenvalue weighted by Crippen LogP contribution is -2.16. The molecule has 0 bridgehead atoms. The van der Waals surface area contributed by atoms with Crippen molar-refractivity contribution in [3.63, 3.8) is 0 Å². The normalized spacial score (nSPS) is 11.6. The van der Waals surface area contributed by atoms with Gasteiger partial charge in [-0.2, -0.15) is 5.10 Å². The average Bonchev–Trinajstić information content (AvgIpc) is 2.94. The zero-order valence-corrected chi connectivity index (χ0v) is 13.9. The summed E-state index contributed by atoms with van der Waals surface area (Å²) in [6, 6.07) is 6.37. The molecule has 2 aromatic rings. The summed E-state index contributed by atoms with van der Waals surface area (Å²) in [4.78, 5) is 3.89. The molecule has 1 heterocycles. The molecule has 22 heavy (non-hydrogen) atoms. The lowest BCUT2D eigenvalue weighted by atomic mass is 9.86. The topological polar surface area (TPSA) is 49.2 Å². The van der Waals surface area contributed by atoms with Crippen LogP contribution in [-0.4, -0.2) is 34.6 Å². The summed E-state index contributed by atoms with van der Waals surface area (Å²) in [5.74, 6) is 0.951. The molecule has 0 aliphatic rings. The first-order chi connectivity index (χ1) is 10.5. The van der Waals surface area contributed by atoms with Crippen LogP contribution in [0.5, 0.6) is 5.75 Å². The Morgan fingerprint density at radius 2 is 1.95 bits per heavy atom. The van der Waals surface area contributed by atoms with Gasteiger partial charge in [-0.3, -0.25) is 4.68 Å². The van der Waals surface area contributed by atoms with E-state index in [1.807, 2.05) is 0 Å². The van der Waals surface area contributed by atoms with Crippen molar-refractivity contribution < 1.29 is 9.47 Å². The minimum absolute atomic E-state index is 0.0665. The summed E-state index contributed by atoms with van der Waals surface area (Å²) in [5, 5.41) is 4.02. The Kier molecular flexibility index (Phi) is 5.55. The van der Waals surface area contributed by atoms with E-state index in [9.17, 15) is 0 Å². The Balaban J connectivity index is 1.78. The molecule has 120 valence electrons. The van der Waals surface area contributed by atoms with E-state index in [0.29, 0.717) is 26.4 Å². The van der Waals surface area contributed by atoms with Gasteiger partial charge in [0.2, 0.25) is 0 Å². The van der Waals surface area contributed by atoms with Gasteiger partial charge < -0.3 is 9.47 Å². The number of hydrogen-bond donors (Lipinski definition) is 0. The van der Waals surface area contributed by atoms with Crippen molar-refractivity contribution in [3.8, 4) is 5.75 Å². The molecule has 0 saturated heterocycles. The number of rotatable bonds is 7. The second kappa shape index (κ2) is 7.40. The first-order valence-electron chi connectivity index (χ1n) is 7.61. The lowest BCUT2D eigenvalue weighted by Gasteiger charge is -2.23. The molecule has 0 atom stereocenters. The SMILES string of the molecule is Cc1ccc(C(C)(C)C)c(OCCOCCn2cncn2)c1. The molecule has 5 heteroatoms. The highest BCUT2D eigenvalue weighted by atomic mass is 16.5. The van der Waals surface area contributed by atoms with E-state index in [1.54, 1.807) is 11.0 Å². The van der Waals surface area contributed by atoms with Crippen LogP contribution < -0.4 is 4.74 Å². The quantitative estimate of drug-likeness (QED) is 0.738. The van der Waals surface area contributed by atoms with Gasteiger partial charge in [0.15, 0.2) is 0 Å². The minimum atomic E-state index is 0.0665. The second-order valence-corrected chi connectivity index (χ2v) is 6.37. The van der Waals surface area contributed by atoms with Crippen molar-refractivity contribution in [2.24, 2.45) is 0 Å². The molecule has 0 aliphatic carbocycles. The standard InChI is InChI=1S/C17H25N3O2/c1-14-5-6-15(17(2,3)4)16(11-14)22-10-9-21-8-7-20-13-18-12-19-20/h5-6,11-13H,7-10H2,1-4H3. The van der Waals surface area contributed by atoms with Crippen LogP contribution in [0.1, 0.15) is 31.9 Å². The van der Waals surface area contributed by atoms with Crippen molar-refractivity contribution in [2.45, 2.75) is 39.7 Å². The van der Waals surface area contributed by atoms with Gasteiger partial charge in [-0.25, -0.2) is 4.98 Å². The molecule has 0 N–H and O–H groups in total. The van der Waals surface area contributed by atoms with Crippen molar-refractivity contribution in [1.82, 2.24) is 14.8 Å². The summed E-state index contributed by atoms with van der Waals surface area (Å²) >= 11 is 0. The van der Waals surface area contributed by atoms with Gasteiger partial charge in [-0.05, 0) is 29.5 Å². The molecule has 5 nitrogen and oxygen atoms in total. The number of nitrogens with zero attached hydrogens (tertiary/aromatic N) is 3. The molecule has 0 amide bonds. The van der Waals surface area contributed by atoms with Gasteiger partial charge in [-0.1, -0.05) is 32.9 Å². The predicted molar refractivity (Wildman–Crippen MR) is 86.2 cm³/mol. The second-order valence-electron chi connectivity index (χ2n) is 6.37. The van der Waals surface area contributed by atoms with E-state index in [-0.39, 0.29) is 5.41 Å². The van der Waals surface area contributed by atoms with Crippen LogP contribution in [0.3, 0.4) is 0 Å². The van der Waals surface area contributed by atoms with Gasteiger partial charge in [0, 0.05) is 0 Å². The fourth-order valence-corrected chi connectivity index (χ4v) is 2.19. The molecule has 0 spiro atoms. The maximum Gasteiger partial charge on any atom is 0.137 e. The van der Waals surface area contributed by atoms with Crippen molar-refractivity contribution >= 4 is 0 Å². The number of aryl methyl sites for hydroxylation is 1. The lowest BCUT2D eigenvalue weighted by molar-refractivity contribution is 0.0919. The number of hydrogen-bond acceptors (Lipinski definition) is 4. The number of ether oxygens (including phenoxy) is 2. The molecule has 1 aromatic carbocycles. The Morgan fingerprint density at radius 3 is 2.64 bits per heavy atom. The maximum atomic E-state index is 5.92. The van der Waals surface area contributed by atoms with Crippen LogP contribution in [0.15, 0.2) is 30.9 Å². The van der Waals surface area contributed by atoms with Crippen molar-refractivity contribution in [1.29, 1.82) is 0 Å². The average molecular weight is 303 g/mol. The monoisotopic (exact) mass is 303 g/mol. The van der Waals surface area contributed by atoms with Gasteiger partial charge in [0.05, 0.1) is 19.8 Å². The van der Waals surface area contributed by atoms with Crippen molar-refractivity contribution in [3.05, 3.63) is 42.0 Å². The van der Waals surface area contributed by atoms with E-state index in [1.165, 1.54) is 17.5 Å². The van der Waals surface area contributed by atoms with Crippen LogP contribution in [0, 0.1) is 6.92 Å². The van der Waals surface area contributed by atoms with E-state index in [0.717, 1.165) is 5.75 Å². The first-order valence-corrected chi connectivity index (χ1v) is 7.61. The van der Waals surface area contributed by atoms with Crippen LogP contribution >= 0.6 is 0 Å². The molecule has 0 saturated carbocycles. The Bertz CT molecular complexity index is 574. The van der Waals surface area contributed by atoms with Gasteiger partial charge in [0.1, 0.15) is 25.0 Å². The zero-order valence-electron chi connectivity index (χ0n) is 13.9. The third-order valence-corrected chi connectivity index (χ3v) is 3.36. The number of aromatic nitrogens is 3. The molecule has 0 radical (unpaired) electrons. The molecular weight excluding hydrogens is 278 g/mol. The minimum Gasteiger partial charge on any atom is -0.491 e. The predicted octanol–water partition coefficient (Wildman–Crippen LogP) is 2.98. The van der Waals surface area contributed by atoms with E-state index in [4.69, 9.17) is 9.47 Å². The highest BCUT2D eigenvalue weighted by Crippen LogP contribution is 2.31. The van der Waals surface area contributed by atoms with Crippen molar-refractivity contribution in [2.75, 3.05) is 19.8 Å².